The summed E-state index contributed by atoms with van der Waals surface area (Å²) in [5.74, 6) is -0.664. The first kappa shape index (κ1) is 12.1. The van der Waals surface area contributed by atoms with Crippen molar-refractivity contribution in [1.29, 1.82) is 0 Å². The SMILES string of the molecule is O=C(CN1C(=O)CCC1=O)NC1CCCCC1. The summed E-state index contributed by atoms with van der Waals surface area (Å²) in [6, 6.07) is 0.226. The van der Waals surface area contributed by atoms with Gasteiger partial charge in [-0.05, 0) is 12.8 Å². The van der Waals surface area contributed by atoms with E-state index < -0.39 is 0 Å². The molecule has 5 heteroatoms. The van der Waals surface area contributed by atoms with Crippen molar-refractivity contribution >= 4 is 17.7 Å². The molecular weight excluding hydrogens is 220 g/mol. The lowest BCUT2D eigenvalue weighted by atomic mass is 9.95. The third-order valence-corrected chi connectivity index (χ3v) is 3.43. The summed E-state index contributed by atoms with van der Waals surface area (Å²) in [5.41, 5.74) is 0. The van der Waals surface area contributed by atoms with Crippen LogP contribution >= 0.6 is 0 Å². The van der Waals surface area contributed by atoms with Crippen molar-refractivity contribution in [3.8, 4) is 0 Å². The highest BCUT2D eigenvalue weighted by Crippen LogP contribution is 2.17. The van der Waals surface area contributed by atoms with E-state index in [0.29, 0.717) is 0 Å². The molecule has 0 atom stereocenters. The Balaban J connectivity index is 1.80. The van der Waals surface area contributed by atoms with Gasteiger partial charge in [-0.3, -0.25) is 19.3 Å². The molecule has 1 saturated heterocycles. The lowest BCUT2D eigenvalue weighted by Crippen LogP contribution is -2.44. The molecule has 0 aromatic heterocycles. The number of nitrogens with one attached hydrogen (secondary N) is 1. The average molecular weight is 238 g/mol. The Labute approximate surface area is 101 Å². The second-order valence-corrected chi connectivity index (χ2v) is 4.78. The largest absolute Gasteiger partial charge is 0.352 e. The monoisotopic (exact) mass is 238 g/mol. The van der Waals surface area contributed by atoms with Crippen LogP contribution < -0.4 is 5.32 Å². The van der Waals surface area contributed by atoms with Gasteiger partial charge in [-0.2, -0.15) is 0 Å². The standard InChI is InChI=1S/C12H18N2O3/c15-10(13-9-4-2-1-3-5-9)8-14-11(16)6-7-12(14)17/h9H,1-8H2,(H,13,15). The quantitative estimate of drug-likeness (QED) is 0.731. The Morgan fingerprint density at radius 2 is 1.71 bits per heavy atom. The first-order chi connectivity index (χ1) is 8.16. The minimum atomic E-state index is -0.228. The van der Waals surface area contributed by atoms with Gasteiger partial charge < -0.3 is 5.32 Å². The lowest BCUT2D eigenvalue weighted by Gasteiger charge is -2.23. The molecule has 5 nitrogen and oxygen atoms in total. The summed E-state index contributed by atoms with van der Waals surface area (Å²) in [5, 5.41) is 2.90. The highest BCUT2D eigenvalue weighted by Gasteiger charge is 2.30. The van der Waals surface area contributed by atoms with E-state index in [0.717, 1.165) is 30.6 Å². The predicted octanol–water partition coefficient (Wildman–Crippen LogP) is 0.584. The van der Waals surface area contributed by atoms with Gasteiger partial charge in [0.2, 0.25) is 17.7 Å². The van der Waals surface area contributed by atoms with Crippen molar-refractivity contribution in [2.45, 2.75) is 51.0 Å². The number of nitrogens with zero attached hydrogens (tertiary/aromatic N) is 1. The van der Waals surface area contributed by atoms with Gasteiger partial charge in [-0.25, -0.2) is 0 Å². The maximum absolute atomic E-state index is 11.7. The lowest BCUT2D eigenvalue weighted by molar-refractivity contribution is -0.142. The Kier molecular flexibility index (Phi) is 3.76. The molecule has 94 valence electrons. The van der Waals surface area contributed by atoms with Crippen LogP contribution in [0, 0.1) is 0 Å². The Bertz CT molecular complexity index is 319. The van der Waals surface area contributed by atoms with Crippen LogP contribution in [0.4, 0.5) is 0 Å². The third kappa shape index (κ3) is 3.05. The van der Waals surface area contributed by atoms with Crippen LogP contribution in [0.2, 0.25) is 0 Å². The zero-order valence-electron chi connectivity index (χ0n) is 9.91. The van der Waals surface area contributed by atoms with E-state index >= 15 is 0 Å². The molecule has 0 bridgehead atoms. The molecule has 1 aliphatic heterocycles. The molecule has 1 N–H and O–H groups in total. The molecule has 2 aliphatic rings. The number of rotatable bonds is 3. The summed E-state index contributed by atoms with van der Waals surface area (Å²) in [6.07, 6.45) is 6.03. The van der Waals surface area contributed by atoms with Gasteiger partial charge in [0.15, 0.2) is 0 Å². The maximum atomic E-state index is 11.7. The highest BCUT2D eigenvalue weighted by atomic mass is 16.2. The van der Waals surface area contributed by atoms with E-state index in [2.05, 4.69) is 5.32 Å². The van der Waals surface area contributed by atoms with Crippen LogP contribution in [0.25, 0.3) is 0 Å². The molecule has 0 spiro atoms. The van der Waals surface area contributed by atoms with Gasteiger partial charge in [-0.15, -0.1) is 0 Å². The van der Waals surface area contributed by atoms with Gasteiger partial charge in [-0.1, -0.05) is 19.3 Å². The van der Waals surface area contributed by atoms with Gasteiger partial charge in [0, 0.05) is 18.9 Å². The van der Waals surface area contributed by atoms with Gasteiger partial charge >= 0.3 is 0 Å². The predicted molar refractivity (Wildman–Crippen MR) is 61.0 cm³/mol. The van der Waals surface area contributed by atoms with E-state index in [1.807, 2.05) is 0 Å². The molecular formula is C12H18N2O3. The van der Waals surface area contributed by atoms with E-state index in [4.69, 9.17) is 0 Å². The second-order valence-electron chi connectivity index (χ2n) is 4.78. The number of amides is 3. The van der Waals surface area contributed by atoms with Gasteiger partial charge in [0.1, 0.15) is 6.54 Å². The molecule has 2 rings (SSSR count). The Morgan fingerprint density at radius 1 is 1.12 bits per heavy atom. The summed E-state index contributed by atoms with van der Waals surface area (Å²) < 4.78 is 0. The van der Waals surface area contributed by atoms with Gasteiger partial charge in [0.25, 0.3) is 0 Å². The molecule has 2 fully saturated rings. The van der Waals surface area contributed by atoms with E-state index in [1.165, 1.54) is 6.42 Å². The number of likely N-dealkylation sites (tertiary alicyclic amines) is 1. The van der Waals surface area contributed by atoms with Crippen LogP contribution in [0.3, 0.4) is 0 Å². The minimum Gasteiger partial charge on any atom is -0.352 e. The van der Waals surface area contributed by atoms with Crippen LogP contribution in [0.5, 0.6) is 0 Å². The number of carbonyl (C=O) groups is 3. The fourth-order valence-corrected chi connectivity index (χ4v) is 2.46. The Hall–Kier alpha value is -1.39. The van der Waals surface area contributed by atoms with Crippen LogP contribution in [0.15, 0.2) is 0 Å². The van der Waals surface area contributed by atoms with Gasteiger partial charge in [0.05, 0.1) is 0 Å². The van der Waals surface area contributed by atoms with E-state index in [9.17, 15) is 14.4 Å². The molecule has 1 heterocycles. The smallest absolute Gasteiger partial charge is 0.240 e. The zero-order valence-corrected chi connectivity index (χ0v) is 9.91. The first-order valence-corrected chi connectivity index (χ1v) is 6.29. The minimum absolute atomic E-state index is 0.103. The first-order valence-electron chi connectivity index (χ1n) is 6.29. The average Bonchev–Trinajstić information content (AvgIpc) is 2.62. The molecule has 0 aromatic rings. The number of hydrogen-bond acceptors (Lipinski definition) is 3. The molecule has 1 saturated carbocycles. The molecule has 0 aromatic carbocycles. The number of imide groups is 1. The number of hydrogen-bond donors (Lipinski definition) is 1. The van der Waals surface area contributed by atoms with Crippen molar-refractivity contribution in [3.63, 3.8) is 0 Å². The third-order valence-electron chi connectivity index (χ3n) is 3.43. The van der Waals surface area contributed by atoms with Crippen LogP contribution in [0.1, 0.15) is 44.9 Å². The van der Waals surface area contributed by atoms with E-state index in [-0.39, 0.29) is 43.1 Å². The molecule has 1 aliphatic carbocycles. The van der Waals surface area contributed by atoms with Crippen molar-refractivity contribution in [3.05, 3.63) is 0 Å². The second kappa shape index (κ2) is 5.29. The molecule has 3 amide bonds. The highest BCUT2D eigenvalue weighted by molar-refractivity contribution is 6.04. The maximum Gasteiger partial charge on any atom is 0.240 e. The fourth-order valence-electron chi connectivity index (χ4n) is 2.46. The van der Waals surface area contributed by atoms with Crippen molar-refractivity contribution in [2.24, 2.45) is 0 Å². The van der Waals surface area contributed by atoms with Crippen molar-refractivity contribution < 1.29 is 14.4 Å². The zero-order chi connectivity index (χ0) is 12.3. The summed E-state index contributed by atoms with van der Waals surface area (Å²) in [7, 11) is 0. The molecule has 0 radical (unpaired) electrons. The topological polar surface area (TPSA) is 66.5 Å². The Morgan fingerprint density at radius 3 is 2.29 bits per heavy atom. The normalized spacial score (nSPS) is 22.0. The summed E-state index contributed by atoms with van der Waals surface area (Å²) in [6.45, 7) is -0.103. The fraction of sp³-hybridized carbons (Fsp3) is 0.750. The summed E-state index contributed by atoms with van der Waals surface area (Å²) in [4.78, 5) is 35.4. The number of carbonyl (C=O) groups excluding carboxylic acids is 3. The summed E-state index contributed by atoms with van der Waals surface area (Å²) >= 11 is 0. The van der Waals surface area contributed by atoms with Crippen LogP contribution in [-0.4, -0.2) is 35.2 Å². The van der Waals surface area contributed by atoms with Crippen molar-refractivity contribution in [2.75, 3.05) is 6.54 Å². The van der Waals surface area contributed by atoms with E-state index in [1.54, 1.807) is 0 Å². The van der Waals surface area contributed by atoms with Crippen molar-refractivity contribution in [1.82, 2.24) is 10.2 Å². The van der Waals surface area contributed by atoms with Crippen LogP contribution in [-0.2, 0) is 14.4 Å². The molecule has 17 heavy (non-hydrogen) atoms. The molecule has 0 unspecified atom stereocenters.